The summed E-state index contributed by atoms with van der Waals surface area (Å²) in [4.78, 5) is 12.8. The molecule has 0 radical (unpaired) electrons. The van der Waals surface area contributed by atoms with E-state index in [-0.39, 0.29) is 23.1 Å². The molecular weight excluding hydrogens is 396 g/mol. The molecule has 1 amide bonds. The fourth-order valence-electron chi connectivity index (χ4n) is 4.05. The second-order valence-electron chi connectivity index (χ2n) is 8.94. The Bertz CT molecular complexity index is 1080. The monoisotopic (exact) mass is 424 g/mol. The van der Waals surface area contributed by atoms with Gasteiger partial charge in [-0.25, -0.2) is 0 Å². The molecule has 0 saturated heterocycles. The van der Waals surface area contributed by atoms with E-state index in [1.165, 1.54) is 22.9 Å². The van der Waals surface area contributed by atoms with Gasteiger partial charge in [0.25, 0.3) is 0 Å². The van der Waals surface area contributed by atoms with Gasteiger partial charge in [0.15, 0.2) is 5.16 Å². The minimum Gasteiger partial charge on any atom is -0.466 e. The molecule has 1 aromatic carbocycles. The van der Waals surface area contributed by atoms with Crippen LogP contribution in [-0.4, -0.2) is 26.4 Å². The first-order valence-corrected chi connectivity index (χ1v) is 11.2. The number of carbonyl (C=O) groups excluding carboxylic acids is 1. The molecule has 0 saturated carbocycles. The van der Waals surface area contributed by atoms with Gasteiger partial charge in [-0.1, -0.05) is 31.7 Å². The Balaban J connectivity index is 1.44. The lowest BCUT2D eigenvalue weighted by molar-refractivity contribution is -0.119. The average molecular weight is 425 g/mol. The molecule has 7 heteroatoms. The number of nitrogens with zero attached hydrogens (tertiary/aromatic N) is 3. The van der Waals surface area contributed by atoms with Crippen molar-refractivity contribution in [3.05, 3.63) is 58.8 Å². The lowest BCUT2D eigenvalue weighted by Gasteiger charge is -2.34. The van der Waals surface area contributed by atoms with Crippen molar-refractivity contribution in [3.63, 3.8) is 0 Å². The molecule has 158 valence electrons. The third kappa shape index (κ3) is 4.31. The highest BCUT2D eigenvalue weighted by atomic mass is 32.2. The number of benzene rings is 1. The fraction of sp³-hybridized carbons (Fsp3) is 0.435. The largest absolute Gasteiger partial charge is 0.466 e. The van der Waals surface area contributed by atoms with Crippen molar-refractivity contribution in [2.75, 3.05) is 5.75 Å². The first kappa shape index (κ1) is 20.7. The van der Waals surface area contributed by atoms with Crippen LogP contribution < -0.4 is 5.32 Å². The predicted octanol–water partition coefficient (Wildman–Crippen LogP) is 4.71. The number of fused-ring (bicyclic) bond motifs is 1. The van der Waals surface area contributed by atoms with Crippen molar-refractivity contribution >= 4 is 17.7 Å². The zero-order valence-electron chi connectivity index (χ0n) is 18.2. The Hall–Kier alpha value is -2.54. The molecule has 1 aliphatic carbocycles. The van der Waals surface area contributed by atoms with Gasteiger partial charge in [0, 0.05) is 17.7 Å². The highest BCUT2D eigenvalue weighted by Crippen LogP contribution is 2.42. The third-order valence-corrected chi connectivity index (χ3v) is 6.63. The maximum Gasteiger partial charge on any atom is 0.230 e. The highest BCUT2D eigenvalue weighted by molar-refractivity contribution is 7.99. The summed E-state index contributed by atoms with van der Waals surface area (Å²) in [6, 6.07) is 8.27. The van der Waals surface area contributed by atoms with Gasteiger partial charge < -0.3 is 9.73 Å². The Morgan fingerprint density at radius 2 is 2.07 bits per heavy atom. The molecule has 1 atom stereocenters. The van der Waals surface area contributed by atoms with E-state index in [9.17, 15) is 4.79 Å². The van der Waals surface area contributed by atoms with E-state index in [0.717, 1.165) is 35.6 Å². The predicted molar refractivity (Wildman–Crippen MR) is 118 cm³/mol. The van der Waals surface area contributed by atoms with Gasteiger partial charge in [0.2, 0.25) is 5.91 Å². The summed E-state index contributed by atoms with van der Waals surface area (Å²) >= 11 is 1.40. The number of thioether (sulfide) groups is 1. The number of rotatable bonds is 5. The van der Waals surface area contributed by atoms with Gasteiger partial charge in [0.05, 0.1) is 11.8 Å². The third-order valence-electron chi connectivity index (χ3n) is 5.69. The van der Waals surface area contributed by atoms with Gasteiger partial charge in [-0.15, -0.1) is 10.2 Å². The molecule has 3 aromatic rings. The number of aromatic nitrogens is 3. The van der Waals surface area contributed by atoms with Crippen molar-refractivity contribution in [2.45, 2.75) is 58.7 Å². The van der Waals surface area contributed by atoms with Crippen LogP contribution in [0.15, 0.2) is 40.2 Å². The fourth-order valence-corrected chi connectivity index (χ4v) is 4.79. The highest BCUT2D eigenvalue weighted by Gasteiger charge is 2.35. The number of carbonyl (C=O) groups is 1. The van der Waals surface area contributed by atoms with Gasteiger partial charge in [0.1, 0.15) is 17.8 Å². The summed E-state index contributed by atoms with van der Waals surface area (Å²) in [7, 11) is 0. The Kier molecular flexibility index (Phi) is 5.49. The van der Waals surface area contributed by atoms with Crippen LogP contribution in [0, 0.1) is 26.2 Å². The smallest absolute Gasteiger partial charge is 0.230 e. The molecule has 0 spiro atoms. The molecule has 1 unspecified atom stereocenters. The van der Waals surface area contributed by atoms with Crippen LogP contribution in [0.2, 0.25) is 0 Å². The topological polar surface area (TPSA) is 73.0 Å². The van der Waals surface area contributed by atoms with Gasteiger partial charge in [-0.3, -0.25) is 9.36 Å². The number of amides is 1. The van der Waals surface area contributed by atoms with E-state index in [1.807, 2.05) is 17.6 Å². The average Bonchev–Trinajstić information content (AvgIpc) is 3.27. The van der Waals surface area contributed by atoms with E-state index in [4.69, 9.17) is 4.42 Å². The van der Waals surface area contributed by atoms with Crippen LogP contribution in [0.4, 0.5) is 0 Å². The van der Waals surface area contributed by atoms with Crippen LogP contribution >= 0.6 is 11.8 Å². The first-order chi connectivity index (χ1) is 14.2. The van der Waals surface area contributed by atoms with Gasteiger partial charge in [-0.2, -0.15) is 0 Å². The summed E-state index contributed by atoms with van der Waals surface area (Å²) < 4.78 is 7.80. The van der Waals surface area contributed by atoms with Gasteiger partial charge in [-0.05, 0) is 61.9 Å². The number of furan rings is 1. The second-order valence-corrected chi connectivity index (χ2v) is 9.88. The Morgan fingerprint density at radius 3 is 2.83 bits per heavy atom. The van der Waals surface area contributed by atoms with E-state index < -0.39 is 0 Å². The number of nitrogens with one attached hydrogen (secondary N) is 1. The summed E-state index contributed by atoms with van der Waals surface area (Å²) in [6.45, 7) is 10.6. The molecule has 30 heavy (non-hydrogen) atoms. The molecule has 0 fully saturated rings. The molecule has 4 rings (SSSR count). The molecule has 2 aromatic heterocycles. The standard InChI is InChI=1S/C23H28N4O2S/c1-14-6-7-17(8-15(14)2)27-13-24-26-22(27)30-12-21(28)25-19-10-23(4,5)11-20-18(19)9-16(3)29-20/h6-9,13,19H,10-12H2,1-5H3,(H,25,28). The van der Waals surface area contributed by atoms with E-state index in [2.05, 4.69) is 61.4 Å². The summed E-state index contributed by atoms with van der Waals surface area (Å²) in [5.41, 5.74) is 4.65. The van der Waals surface area contributed by atoms with Crippen molar-refractivity contribution in [2.24, 2.45) is 5.41 Å². The van der Waals surface area contributed by atoms with Crippen LogP contribution in [0.3, 0.4) is 0 Å². The van der Waals surface area contributed by atoms with Crippen molar-refractivity contribution in [1.82, 2.24) is 20.1 Å². The molecule has 6 nitrogen and oxygen atoms in total. The van der Waals surface area contributed by atoms with E-state index >= 15 is 0 Å². The molecule has 2 heterocycles. The van der Waals surface area contributed by atoms with Crippen molar-refractivity contribution < 1.29 is 9.21 Å². The van der Waals surface area contributed by atoms with Crippen LogP contribution in [-0.2, 0) is 11.2 Å². The van der Waals surface area contributed by atoms with Crippen molar-refractivity contribution in [3.8, 4) is 5.69 Å². The van der Waals surface area contributed by atoms with Gasteiger partial charge >= 0.3 is 0 Å². The molecule has 0 bridgehead atoms. The number of hydrogen-bond donors (Lipinski definition) is 1. The summed E-state index contributed by atoms with van der Waals surface area (Å²) in [6.07, 6.45) is 3.49. The molecular formula is C23H28N4O2S. The maximum absolute atomic E-state index is 12.8. The zero-order chi connectivity index (χ0) is 21.5. The Labute approximate surface area is 181 Å². The first-order valence-electron chi connectivity index (χ1n) is 10.2. The molecule has 0 aliphatic heterocycles. The minimum atomic E-state index is -0.0214. The van der Waals surface area contributed by atoms with E-state index in [0.29, 0.717) is 5.16 Å². The van der Waals surface area contributed by atoms with Crippen LogP contribution in [0.25, 0.3) is 5.69 Å². The number of hydrogen-bond acceptors (Lipinski definition) is 5. The SMILES string of the molecule is Cc1cc2c(o1)CC(C)(C)CC2NC(=O)CSc1nncn1-c1ccc(C)c(C)c1. The van der Waals surface area contributed by atoms with E-state index in [1.54, 1.807) is 6.33 Å². The van der Waals surface area contributed by atoms with Crippen LogP contribution in [0.1, 0.15) is 54.5 Å². The quantitative estimate of drug-likeness (QED) is 0.601. The molecule has 1 aliphatic rings. The maximum atomic E-state index is 12.8. The van der Waals surface area contributed by atoms with Crippen molar-refractivity contribution in [1.29, 1.82) is 0 Å². The second kappa shape index (κ2) is 7.95. The lowest BCUT2D eigenvalue weighted by Crippen LogP contribution is -2.36. The normalized spacial score (nSPS) is 17.6. The van der Waals surface area contributed by atoms with Crippen LogP contribution in [0.5, 0.6) is 0 Å². The number of aryl methyl sites for hydroxylation is 3. The zero-order valence-corrected chi connectivity index (χ0v) is 19.0. The molecule has 1 N–H and O–H groups in total. The summed E-state index contributed by atoms with van der Waals surface area (Å²) in [5.74, 6) is 2.17. The lowest BCUT2D eigenvalue weighted by atomic mass is 9.75. The summed E-state index contributed by atoms with van der Waals surface area (Å²) in [5, 5.41) is 12.2. The minimum absolute atomic E-state index is 0.0119. The Morgan fingerprint density at radius 1 is 1.27 bits per heavy atom.